The van der Waals surface area contributed by atoms with Crippen molar-refractivity contribution in [2.45, 2.75) is 70.6 Å². The average molecular weight is 457 g/mol. The van der Waals surface area contributed by atoms with Gasteiger partial charge in [-0.3, -0.25) is 4.79 Å². The van der Waals surface area contributed by atoms with Gasteiger partial charge in [0.2, 0.25) is 15.9 Å². The summed E-state index contributed by atoms with van der Waals surface area (Å²) in [6.07, 6.45) is 2.77. The van der Waals surface area contributed by atoms with Crippen molar-refractivity contribution in [2.75, 3.05) is 18.4 Å². The molecule has 0 radical (unpaired) electrons. The van der Waals surface area contributed by atoms with E-state index < -0.39 is 10.0 Å². The molecule has 174 valence electrons. The van der Waals surface area contributed by atoms with E-state index in [1.165, 1.54) is 4.31 Å². The number of benzene rings is 2. The Morgan fingerprint density at radius 1 is 0.969 bits per heavy atom. The molecule has 0 saturated carbocycles. The molecule has 1 saturated heterocycles. The van der Waals surface area contributed by atoms with Crippen LogP contribution in [0.5, 0.6) is 0 Å². The fourth-order valence-corrected chi connectivity index (χ4v) is 5.73. The number of piperidine rings is 1. The van der Waals surface area contributed by atoms with E-state index >= 15 is 0 Å². The van der Waals surface area contributed by atoms with Gasteiger partial charge < -0.3 is 5.32 Å². The number of carbonyl (C=O) groups excluding carboxylic acids is 1. The molecule has 0 spiro atoms. The fourth-order valence-electron chi connectivity index (χ4n) is 4.26. The van der Waals surface area contributed by atoms with E-state index in [-0.39, 0.29) is 17.2 Å². The largest absolute Gasteiger partial charge is 0.325 e. The summed E-state index contributed by atoms with van der Waals surface area (Å²) in [5.74, 6) is -0.188. The number of sulfonamides is 1. The first-order valence-electron chi connectivity index (χ1n) is 11.6. The molecule has 0 aliphatic carbocycles. The van der Waals surface area contributed by atoms with Gasteiger partial charge in [0.25, 0.3) is 0 Å². The molecule has 0 bridgehead atoms. The zero-order chi connectivity index (χ0) is 23.5. The highest BCUT2D eigenvalue weighted by Gasteiger charge is 2.32. The number of amides is 1. The van der Waals surface area contributed by atoms with Crippen molar-refractivity contribution in [3.63, 3.8) is 0 Å². The van der Waals surface area contributed by atoms with Gasteiger partial charge in [0.15, 0.2) is 0 Å². The maximum atomic E-state index is 13.1. The van der Waals surface area contributed by atoms with Crippen LogP contribution in [0.3, 0.4) is 0 Å². The highest BCUT2D eigenvalue weighted by atomic mass is 32.2. The molecular formula is C26H36N2O3S. The van der Waals surface area contributed by atoms with E-state index in [2.05, 4.69) is 52.1 Å². The Morgan fingerprint density at radius 3 is 1.97 bits per heavy atom. The van der Waals surface area contributed by atoms with Gasteiger partial charge in [0.1, 0.15) is 0 Å². The van der Waals surface area contributed by atoms with Crippen LogP contribution in [0.4, 0.5) is 5.69 Å². The van der Waals surface area contributed by atoms with Crippen LogP contribution in [0.1, 0.15) is 64.2 Å². The Bertz CT molecular complexity index is 1020. The van der Waals surface area contributed by atoms with Gasteiger partial charge in [0.05, 0.1) is 4.90 Å². The van der Waals surface area contributed by atoms with Crippen molar-refractivity contribution in [2.24, 2.45) is 5.92 Å². The molecular weight excluding hydrogens is 420 g/mol. The molecule has 1 N–H and O–H groups in total. The summed E-state index contributed by atoms with van der Waals surface area (Å²) in [4.78, 5) is 13.3. The van der Waals surface area contributed by atoms with Crippen molar-refractivity contribution < 1.29 is 13.2 Å². The fraction of sp³-hybridized carbons (Fsp3) is 0.500. The number of nitrogens with one attached hydrogen (secondary N) is 1. The normalized spacial score (nSPS) is 16.2. The van der Waals surface area contributed by atoms with Crippen LogP contribution in [-0.4, -0.2) is 31.7 Å². The first-order chi connectivity index (χ1) is 15.1. The minimum absolute atomic E-state index is 0.00724. The Labute approximate surface area is 193 Å². The molecule has 0 atom stereocenters. The van der Waals surface area contributed by atoms with Gasteiger partial charge in [-0.15, -0.1) is 0 Å². The number of rotatable bonds is 6. The van der Waals surface area contributed by atoms with Crippen LogP contribution in [-0.2, 0) is 33.1 Å². The summed E-state index contributed by atoms with van der Waals surface area (Å²) in [6, 6.07) is 13.3. The molecule has 0 unspecified atom stereocenters. The highest BCUT2D eigenvalue weighted by molar-refractivity contribution is 7.89. The van der Waals surface area contributed by atoms with Crippen LogP contribution in [0, 0.1) is 5.92 Å². The van der Waals surface area contributed by atoms with Crippen LogP contribution in [0.15, 0.2) is 47.4 Å². The SMILES string of the molecule is CCc1cccc(CC)c1NC(=O)C1CCN(S(=O)(=O)c2ccc(C(C)(C)C)cc2)CC1. The summed E-state index contributed by atoms with van der Waals surface area (Å²) >= 11 is 0. The molecule has 0 aromatic heterocycles. The summed E-state index contributed by atoms with van der Waals surface area (Å²) in [6.45, 7) is 11.2. The summed E-state index contributed by atoms with van der Waals surface area (Å²) in [7, 11) is -3.55. The van der Waals surface area contributed by atoms with Crippen LogP contribution in [0.2, 0.25) is 0 Å². The molecule has 6 heteroatoms. The molecule has 1 amide bonds. The van der Waals surface area contributed by atoms with Crippen molar-refractivity contribution in [3.05, 3.63) is 59.2 Å². The van der Waals surface area contributed by atoms with E-state index in [1.54, 1.807) is 12.1 Å². The zero-order valence-corrected chi connectivity index (χ0v) is 20.8. The third-order valence-corrected chi connectivity index (χ3v) is 8.34. The molecule has 3 rings (SSSR count). The maximum absolute atomic E-state index is 13.1. The Balaban J connectivity index is 1.66. The first-order valence-corrected chi connectivity index (χ1v) is 13.0. The lowest BCUT2D eigenvalue weighted by Gasteiger charge is -2.31. The lowest BCUT2D eigenvalue weighted by molar-refractivity contribution is -0.120. The zero-order valence-electron chi connectivity index (χ0n) is 19.9. The van der Waals surface area contributed by atoms with Crippen LogP contribution >= 0.6 is 0 Å². The van der Waals surface area contributed by atoms with Gasteiger partial charge in [-0.2, -0.15) is 4.31 Å². The predicted molar refractivity (Wildman–Crippen MR) is 130 cm³/mol. The number of hydrogen-bond donors (Lipinski definition) is 1. The van der Waals surface area contributed by atoms with Gasteiger partial charge in [-0.25, -0.2) is 8.42 Å². The van der Waals surface area contributed by atoms with Gasteiger partial charge >= 0.3 is 0 Å². The molecule has 2 aromatic rings. The highest BCUT2D eigenvalue weighted by Crippen LogP contribution is 2.29. The van der Waals surface area contributed by atoms with E-state index in [9.17, 15) is 13.2 Å². The molecule has 2 aromatic carbocycles. The minimum Gasteiger partial charge on any atom is -0.325 e. The van der Waals surface area contributed by atoms with Crippen molar-refractivity contribution in [1.82, 2.24) is 4.31 Å². The van der Waals surface area contributed by atoms with E-state index in [1.807, 2.05) is 18.2 Å². The first kappa shape index (κ1) is 24.5. The second kappa shape index (κ2) is 9.75. The third-order valence-electron chi connectivity index (χ3n) is 6.43. The average Bonchev–Trinajstić information content (AvgIpc) is 2.78. The molecule has 1 fully saturated rings. The topological polar surface area (TPSA) is 66.5 Å². The number of carbonyl (C=O) groups is 1. The number of para-hydroxylation sites is 1. The number of anilines is 1. The molecule has 5 nitrogen and oxygen atoms in total. The van der Waals surface area contributed by atoms with Crippen LogP contribution < -0.4 is 5.32 Å². The quantitative estimate of drug-likeness (QED) is 0.654. The Morgan fingerprint density at radius 2 is 1.50 bits per heavy atom. The van der Waals surface area contributed by atoms with E-state index in [4.69, 9.17) is 0 Å². The standard InChI is InChI=1S/C26H36N2O3S/c1-6-19-9-8-10-20(7-2)24(19)27-25(29)21-15-17-28(18-16-21)32(30,31)23-13-11-22(12-14-23)26(3,4)5/h8-14,21H,6-7,15-18H2,1-5H3,(H,27,29). The predicted octanol–water partition coefficient (Wildman–Crippen LogP) is 5.15. The van der Waals surface area contributed by atoms with Crippen LogP contribution in [0.25, 0.3) is 0 Å². The minimum atomic E-state index is -3.55. The lowest BCUT2D eigenvalue weighted by atomic mass is 9.87. The summed E-state index contributed by atoms with van der Waals surface area (Å²) in [5, 5.41) is 3.15. The molecule has 1 aliphatic rings. The second-order valence-electron chi connectivity index (χ2n) is 9.60. The third kappa shape index (κ3) is 5.24. The molecule has 32 heavy (non-hydrogen) atoms. The molecule has 1 aliphatic heterocycles. The van der Waals surface area contributed by atoms with Gasteiger partial charge in [0, 0.05) is 24.7 Å². The van der Waals surface area contributed by atoms with E-state index in [0.717, 1.165) is 35.2 Å². The Kier molecular flexibility index (Phi) is 7.46. The number of aryl methyl sites for hydroxylation is 2. The summed E-state index contributed by atoms with van der Waals surface area (Å²) in [5.41, 5.74) is 4.28. The molecule has 1 heterocycles. The number of hydrogen-bond acceptors (Lipinski definition) is 3. The maximum Gasteiger partial charge on any atom is 0.243 e. The Hall–Kier alpha value is -2.18. The number of nitrogens with zero attached hydrogens (tertiary/aromatic N) is 1. The van der Waals surface area contributed by atoms with Gasteiger partial charge in [-0.1, -0.05) is 65.0 Å². The smallest absolute Gasteiger partial charge is 0.243 e. The summed E-state index contributed by atoms with van der Waals surface area (Å²) < 4.78 is 27.7. The van der Waals surface area contributed by atoms with Gasteiger partial charge in [-0.05, 0) is 59.9 Å². The van der Waals surface area contributed by atoms with Crippen molar-refractivity contribution in [1.29, 1.82) is 0 Å². The van der Waals surface area contributed by atoms with E-state index in [0.29, 0.717) is 30.8 Å². The van der Waals surface area contributed by atoms with Crippen molar-refractivity contribution in [3.8, 4) is 0 Å². The van der Waals surface area contributed by atoms with Crippen molar-refractivity contribution >= 4 is 21.6 Å². The second-order valence-corrected chi connectivity index (χ2v) is 11.5. The lowest BCUT2D eigenvalue weighted by Crippen LogP contribution is -2.41. The monoisotopic (exact) mass is 456 g/mol.